The number of aliphatic hydroxyl groups is 1. The predicted molar refractivity (Wildman–Crippen MR) is 123 cm³/mol. The van der Waals surface area contributed by atoms with Crippen LogP contribution < -0.4 is 15.4 Å². The molecule has 0 radical (unpaired) electrons. The van der Waals surface area contributed by atoms with Crippen LogP contribution in [0.5, 0.6) is 6.01 Å². The molecule has 2 aliphatic rings. The van der Waals surface area contributed by atoms with Crippen LogP contribution in [0, 0.1) is 6.92 Å². The molecule has 1 saturated heterocycles. The van der Waals surface area contributed by atoms with Gasteiger partial charge >= 0.3 is 6.01 Å². The Morgan fingerprint density at radius 1 is 1.22 bits per heavy atom. The maximum atomic E-state index is 11.8. The number of carbonyl (C=O) groups is 1. The predicted octanol–water partition coefficient (Wildman–Crippen LogP) is 2.05. The number of nitrogens with zero attached hydrogens (tertiary/aromatic N) is 4. The van der Waals surface area contributed by atoms with Crippen molar-refractivity contribution in [3.05, 3.63) is 53.2 Å². The Kier molecular flexibility index (Phi) is 5.09. The van der Waals surface area contributed by atoms with Gasteiger partial charge in [0.1, 0.15) is 12.4 Å². The first-order valence-corrected chi connectivity index (χ1v) is 10.9. The van der Waals surface area contributed by atoms with Crippen molar-refractivity contribution in [2.45, 2.75) is 38.5 Å². The minimum absolute atomic E-state index is 0.0991. The fraction of sp³-hybridized carbons (Fsp3) is 0.375. The molecule has 1 aromatic heterocycles. The highest BCUT2D eigenvalue weighted by atomic mass is 16.5. The van der Waals surface area contributed by atoms with Gasteiger partial charge in [0.25, 0.3) is 0 Å². The summed E-state index contributed by atoms with van der Waals surface area (Å²) >= 11 is 0. The van der Waals surface area contributed by atoms with Gasteiger partial charge in [-0.15, -0.1) is 0 Å². The second-order valence-corrected chi connectivity index (χ2v) is 8.59. The lowest BCUT2D eigenvalue weighted by Crippen LogP contribution is -2.39. The summed E-state index contributed by atoms with van der Waals surface area (Å²) in [5.74, 6) is 0.327. The molecule has 8 nitrogen and oxygen atoms in total. The molecule has 0 spiro atoms. The number of hydrogen-bond acceptors (Lipinski definition) is 7. The van der Waals surface area contributed by atoms with Crippen molar-refractivity contribution in [2.24, 2.45) is 0 Å². The highest BCUT2D eigenvalue weighted by Gasteiger charge is 2.37. The van der Waals surface area contributed by atoms with Gasteiger partial charge in [-0.2, -0.15) is 9.97 Å². The van der Waals surface area contributed by atoms with Crippen molar-refractivity contribution in [2.75, 3.05) is 30.8 Å². The molecule has 0 bridgehead atoms. The monoisotopic (exact) mass is 433 g/mol. The van der Waals surface area contributed by atoms with Crippen LogP contribution in [-0.2, 0) is 17.8 Å². The smallest absolute Gasteiger partial charge is 0.318 e. The van der Waals surface area contributed by atoms with Gasteiger partial charge < -0.3 is 25.4 Å². The zero-order valence-corrected chi connectivity index (χ0v) is 18.3. The van der Waals surface area contributed by atoms with Gasteiger partial charge in [-0.05, 0) is 30.4 Å². The van der Waals surface area contributed by atoms with Crippen molar-refractivity contribution in [1.29, 1.82) is 0 Å². The number of ether oxygens (including phenoxy) is 1. The average Bonchev–Trinajstić information content (AvgIpc) is 3.02. The number of hydrogen-bond donors (Lipinski definition) is 2. The Morgan fingerprint density at radius 3 is 2.75 bits per heavy atom. The highest BCUT2D eigenvalue weighted by Crippen LogP contribution is 2.34. The maximum Gasteiger partial charge on any atom is 0.318 e. The first kappa shape index (κ1) is 20.5. The number of likely N-dealkylation sites (N-methyl/N-ethyl adjacent to an activating group) is 1. The van der Waals surface area contributed by atoms with E-state index in [0.29, 0.717) is 12.4 Å². The molecule has 3 N–H and O–H groups in total. The Balaban J connectivity index is 1.40. The van der Waals surface area contributed by atoms with Crippen LogP contribution in [0.25, 0.3) is 10.8 Å². The summed E-state index contributed by atoms with van der Waals surface area (Å²) in [6.45, 7) is 3.69. The maximum absolute atomic E-state index is 11.8. The summed E-state index contributed by atoms with van der Waals surface area (Å²) < 4.78 is 5.78. The fourth-order valence-corrected chi connectivity index (χ4v) is 4.76. The Bertz CT molecular complexity index is 1190. The van der Waals surface area contributed by atoms with Gasteiger partial charge in [0.05, 0.1) is 30.8 Å². The van der Waals surface area contributed by atoms with Crippen molar-refractivity contribution in [3.8, 4) is 6.01 Å². The molecule has 3 aromatic rings. The second-order valence-electron chi connectivity index (χ2n) is 8.59. The molecule has 1 fully saturated rings. The van der Waals surface area contributed by atoms with E-state index in [4.69, 9.17) is 10.5 Å². The molecular formula is C24H27N5O3. The third-order valence-electron chi connectivity index (χ3n) is 6.61. The molecule has 0 saturated carbocycles. The first-order valence-electron chi connectivity index (χ1n) is 10.9. The Hall–Kier alpha value is -3.39. The molecule has 2 atom stereocenters. The van der Waals surface area contributed by atoms with Crippen LogP contribution in [-0.4, -0.2) is 58.2 Å². The van der Waals surface area contributed by atoms with Gasteiger partial charge in [-0.3, -0.25) is 4.79 Å². The van der Waals surface area contributed by atoms with E-state index in [1.165, 1.54) is 26.9 Å². The summed E-state index contributed by atoms with van der Waals surface area (Å²) in [5, 5.41) is 12.6. The topological polar surface area (TPSA) is 105 Å². The molecule has 2 aliphatic heterocycles. The number of nitrogens with two attached hydrogens (primary N) is 1. The van der Waals surface area contributed by atoms with E-state index in [0.717, 1.165) is 24.2 Å². The van der Waals surface area contributed by atoms with Gasteiger partial charge in [0, 0.05) is 30.2 Å². The minimum atomic E-state index is -0.757. The van der Waals surface area contributed by atoms with Crippen molar-refractivity contribution in [1.82, 2.24) is 14.9 Å². The first-order chi connectivity index (χ1) is 15.4. The van der Waals surface area contributed by atoms with E-state index < -0.39 is 12.1 Å². The van der Waals surface area contributed by atoms with E-state index >= 15 is 0 Å². The number of benzene rings is 2. The van der Waals surface area contributed by atoms with E-state index in [9.17, 15) is 9.90 Å². The Morgan fingerprint density at radius 2 is 2.00 bits per heavy atom. The number of aliphatic hydroxyl groups excluding tert-OH is 1. The quantitative estimate of drug-likeness (QED) is 0.649. The standard InChI is InChI=1S/C24H27N5O3/c1-14-5-3-6-15-7-4-8-18(22(14)15)29-10-9-16-17(12-29)26-24(27-23(16)25)32-13-19-20(30)11-21(31)28(19)2/h3-8,19-20,30H,9-13H2,1-2H3,(H2,25,26,27)/t19-,20-/m1/s1. The van der Waals surface area contributed by atoms with Crippen LogP contribution >= 0.6 is 0 Å². The lowest BCUT2D eigenvalue weighted by molar-refractivity contribution is -0.127. The minimum Gasteiger partial charge on any atom is -0.461 e. The average molecular weight is 434 g/mol. The Labute approximate surface area is 186 Å². The fourth-order valence-electron chi connectivity index (χ4n) is 4.76. The summed E-state index contributed by atoms with van der Waals surface area (Å²) in [6.07, 6.45) is 0.104. The number of rotatable bonds is 4. The van der Waals surface area contributed by atoms with E-state index in [2.05, 4.69) is 58.2 Å². The van der Waals surface area contributed by atoms with E-state index in [1.807, 2.05) is 0 Å². The van der Waals surface area contributed by atoms with Crippen molar-refractivity contribution in [3.63, 3.8) is 0 Å². The van der Waals surface area contributed by atoms with Gasteiger partial charge in [-0.1, -0.05) is 30.3 Å². The van der Waals surface area contributed by atoms with Crippen molar-refractivity contribution >= 4 is 28.2 Å². The number of aryl methyl sites for hydroxylation is 1. The van der Waals surface area contributed by atoms with Crippen molar-refractivity contribution < 1.29 is 14.6 Å². The number of fused-ring (bicyclic) bond motifs is 2. The molecule has 8 heteroatoms. The molecule has 2 aromatic carbocycles. The highest BCUT2D eigenvalue weighted by molar-refractivity contribution is 5.97. The van der Waals surface area contributed by atoms with Crippen LogP contribution in [0.1, 0.15) is 23.2 Å². The van der Waals surface area contributed by atoms with E-state index in [-0.39, 0.29) is 24.9 Å². The zero-order chi connectivity index (χ0) is 22.4. The molecule has 0 aliphatic carbocycles. The van der Waals surface area contributed by atoms with Gasteiger partial charge in [0.15, 0.2) is 0 Å². The third-order valence-corrected chi connectivity index (χ3v) is 6.61. The van der Waals surface area contributed by atoms with E-state index in [1.54, 1.807) is 7.05 Å². The van der Waals surface area contributed by atoms with Crippen LogP contribution in [0.2, 0.25) is 0 Å². The summed E-state index contributed by atoms with van der Waals surface area (Å²) in [6, 6.07) is 12.5. The van der Waals surface area contributed by atoms with Crippen LogP contribution in [0.4, 0.5) is 11.5 Å². The number of aromatic nitrogens is 2. The molecule has 0 unspecified atom stereocenters. The molecular weight excluding hydrogens is 406 g/mol. The SMILES string of the molecule is Cc1cccc2cccc(N3CCc4c(N)nc(OC[C@@H]5[C@H](O)CC(=O)N5C)nc4C3)c12. The largest absolute Gasteiger partial charge is 0.461 e. The lowest BCUT2D eigenvalue weighted by Gasteiger charge is -2.32. The lowest BCUT2D eigenvalue weighted by atomic mass is 10.00. The van der Waals surface area contributed by atoms with Crippen LogP contribution in [0.3, 0.4) is 0 Å². The molecule has 3 heterocycles. The number of amides is 1. The van der Waals surface area contributed by atoms with Crippen LogP contribution in [0.15, 0.2) is 36.4 Å². The number of anilines is 2. The number of carbonyl (C=O) groups excluding carboxylic acids is 1. The summed E-state index contributed by atoms with van der Waals surface area (Å²) in [7, 11) is 1.67. The second kappa shape index (κ2) is 7.94. The molecule has 1 amide bonds. The number of likely N-dealkylation sites (tertiary alicyclic amines) is 1. The molecule has 32 heavy (non-hydrogen) atoms. The third kappa shape index (κ3) is 3.50. The van der Waals surface area contributed by atoms with Gasteiger partial charge in [0.2, 0.25) is 5.91 Å². The normalized spacial score (nSPS) is 20.7. The number of nitrogen functional groups attached to an aromatic ring is 1. The zero-order valence-electron chi connectivity index (χ0n) is 18.3. The van der Waals surface area contributed by atoms with Gasteiger partial charge in [-0.25, -0.2) is 0 Å². The molecule has 5 rings (SSSR count). The summed E-state index contributed by atoms with van der Waals surface area (Å²) in [5.41, 5.74) is 10.5. The summed E-state index contributed by atoms with van der Waals surface area (Å²) in [4.78, 5) is 24.6. The molecule has 166 valence electrons.